The van der Waals surface area contributed by atoms with Crippen LogP contribution in [0.2, 0.25) is 10.0 Å². The Balaban J connectivity index is 1.84. The number of likely N-dealkylation sites (N-methyl/N-ethyl adjacent to an activating group) is 1. The maximum Gasteiger partial charge on any atom is 0.236 e. The highest BCUT2D eigenvalue weighted by Gasteiger charge is 2.21. The van der Waals surface area contributed by atoms with Gasteiger partial charge in [-0.25, -0.2) is 0 Å². The number of halogens is 2. The molecule has 21 heavy (non-hydrogen) atoms. The minimum absolute atomic E-state index is 0.152. The lowest BCUT2D eigenvalue weighted by Crippen LogP contribution is -2.43. The Morgan fingerprint density at radius 3 is 2.62 bits per heavy atom. The molecule has 1 aromatic carbocycles. The lowest BCUT2D eigenvalue weighted by Gasteiger charge is -2.33. The summed E-state index contributed by atoms with van der Waals surface area (Å²) in [6.07, 6.45) is 1.98. The molecule has 1 aliphatic heterocycles. The largest absolute Gasteiger partial charge is 0.381 e. The van der Waals surface area contributed by atoms with E-state index in [9.17, 15) is 4.79 Å². The third kappa shape index (κ3) is 4.77. The topological polar surface area (TPSA) is 35.6 Å². The first kappa shape index (κ1) is 16.4. The zero-order valence-electron chi connectivity index (χ0n) is 12.4. The van der Waals surface area contributed by atoms with Crippen molar-refractivity contribution in [2.45, 2.75) is 18.9 Å². The molecule has 0 aliphatic carbocycles. The van der Waals surface area contributed by atoms with Gasteiger partial charge in [0.15, 0.2) is 0 Å². The van der Waals surface area contributed by atoms with Crippen LogP contribution in [0.3, 0.4) is 0 Å². The van der Waals surface area contributed by atoms with E-state index in [4.69, 9.17) is 23.2 Å². The van der Waals surface area contributed by atoms with Gasteiger partial charge in [-0.2, -0.15) is 0 Å². The third-order valence-corrected chi connectivity index (χ3v) is 4.30. The van der Waals surface area contributed by atoms with Crippen LogP contribution in [-0.2, 0) is 4.79 Å². The molecule has 116 valence electrons. The second-order valence-electron chi connectivity index (χ2n) is 5.61. The van der Waals surface area contributed by atoms with Crippen LogP contribution in [0.25, 0.3) is 0 Å². The fraction of sp³-hybridized carbons (Fsp3) is 0.533. The number of hydrogen-bond acceptors (Lipinski definition) is 3. The molecule has 0 aromatic heterocycles. The Kier molecular flexibility index (Phi) is 5.73. The number of nitrogens with zero attached hydrogens (tertiary/aromatic N) is 2. The van der Waals surface area contributed by atoms with Crippen molar-refractivity contribution in [2.75, 3.05) is 39.0 Å². The number of anilines is 1. The van der Waals surface area contributed by atoms with Crippen LogP contribution in [0.5, 0.6) is 0 Å². The van der Waals surface area contributed by atoms with Gasteiger partial charge in [0.1, 0.15) is 0 Å². The lowest BCUT2D eigenvalue weighted by atomic mass is 10.0. The van der Waals surface area contributed by atoms with Crippen molar-refractivity contribution in [1.29, 1.82) is 0 Å². The average Bonchev–Trinajstić information content (AvgIpc) is 2.45. The zero-order chi connectivity index (χ0) is 15.4. The van der Waals surface area contributed by atoms with Crippen molar-refractivity contribution >= 4 is 34.8 Å². The van der Waals surface area contributed by atoms with Crippen molar-refractivity contribution in [1.82, 2.24) is 9.80 Å². The summed E-state index contributed by atoms with van der Waals surface area (Å²) in [7, 11) is 3.58. The second-order valence-corrected chi connectivity index (χ2v) is 6.45. The average molecular weight is 330 g/mol. The standard InChI is InChI=1S/C15H21Cl2N3O/c1-19(2)15(21)10-20-7-5-12(6-8-20)18-14-9-11(16)3-4-13(14)17/h3-4,9,12,18H,5-8,10H2,1-2H3. The van der Waals surface area contributed by atoms with Crippen LogP contribution < -0.4 is 5.32 Å². The quantitative estimate of drug-likeness (QED) is 0.922. The highest BCUT2D eigenvalue weighted by Crippen LogP contribution is 2.27. The molecule has 6 heteroatoms. The summed E-state index contributed by atoms with van der Waals surface area (Å²) < 4.78 is 0. The molecule has 4 nitrogen and oxygen atoms in total. The molecular formula is C15H21Cl2N3O. The molecule has 0 atom stereocenters. The number of piperidine rings is 1. The minimum atomic E-state index is 0.152. The van der Waals surface area contributed by atoms with Gasteiger partial charge in [0.05, 0.1) is 17.3 Å². The fourth-order valence-electron chi connectivity index (χ4n) is 2.40. The van der Waals surface area contributed by atoms with Gasteiger partial charge in [-0.1, -0.05) is 23.2 Å². The van der Waals surface area contributed by atoms with Crippen LogP contribution in [0.4, 0.5) is 5.69 Å². The number of nitrogens with one attached hydrogen (secondary N) is 1. The van der Waals surface area contributed by atoms with E-state index in [0.717, 1.165) is 31.6 Å². The summed E-state index contributed by atoms with van der Waals surface area (Å²) in [6.45, 7) is 2.32. The molecular weight excluding hydrogens is 309 g/mol. The third-order valence-electron chi connectivity index (χ3n) is 3.73. The maximum absolute atomic E-state index is 11.7. The number of hydrogen-bond donors (Lipinski definition) is 1. The number of rotatable bonds is 4. The molecule has 0 unspecified atom stereocenters. The predicted molar refractivity (Wildman–Crippen MR) is 88.2 cm³/mol. The van der Waals surface area contributed by atoms with E-state index >= 15 is 0 Å². The Hall–Kier alpha value is -0.970. The van der Waals surface area contributed by atoms with E-state index in [-0.39, 0.29) is 5.91 Å². The number of carbonyl (C=O) groups is 1. The molecule has 1 fully saturated rings. The Labute approximate surface area is 136 Å². The monoisotopic (exact) mass is 329 g/mol. The summed E-state index contributed by atoms with van der Waals surface area (Å²) in [4.78, 5) is 15.5. The molecule has 1 aromatic rings. The molecule has 1 heterocycles. The summed E-state index contributed by atoms with van der Waals surface area (Å²) in [5.41, 5.74) is 0.881. The van der Waals surface area contributed by atoms with Crippen LogP contribution >= 0.6 is 23.2 Å². The lowest BCUT2D eigenvalue weighted by molar-refractivity contribution is -0.130. The number of likely N-dealkylation sites (tertiary alicyclic amines) is 1. The fourth-order valence-corrected chi connectivity index (χ4v) is 2.74. The van der Waals surface area contributed by atoms with Gasteiger partial charge in [0.25, 0.3) is 0 Å². The highest BCUT2D eigenvalue weighted by atomic mass is 35.5. The van der Waals surface area contributed by atoms with Crippen molar-refractivity contribution in [2.24, 2.45) is 0 Å². The van der Waals surface area contributed by atoms with Crippen LogP contribution in [0.15, 0.2) is 18.2 Å². The Morgan fingerprint density at radius 2 is 2.00 bits per heavy atom. The van der Waals surface area contributed by atoms with E-state index in [1.807, 2.05) is 6.07 Å². The van der Waals surface area contributed by atoms with Crippen molar-refractivity contribution in [3.8, 4) is 0 Å². The summed E-state index contributed by atoms with van der Waals surface area (Å²) >= 11 is 12.2. The molecule has 0 saturated carbocycles. The molecule has 0 spiro atoms. The Morgan fingerprint density at radius 1 is 1.33 bits per heavy atom. The van der Waals surface area contributed by atoms with Crippen molar-refractivity contribution in [3.63, 3.8) is 0 Å². The molecule has 2 rings (SSSR count). The predicted octanol–water partition coefficient (Wildman–Crippen LogP) is 2.96. The van der Waals surface area contributed by atoms with Gasteiger partial charge in [0, 0.05) is 38.2 Å². The van der Waals surface area contributed by atoms with Crippen LogP contribution in [-0.4, -0.2) is 55.5 Å². The van der Waals surface area contributed by atoms with E-state index in [1.165, 1.54) is 0 Å². The van der Waals surface area contributed by atoms with E-state index in [1.54, 1.807) is 31.1 Å². The van der Waals surface area contributed by atoms with E-state index < -0.39 is 0 Å². The minimum Gasteiger partial charge on any atom is -0.381 e. The number of amides is 1. The SMILES string of the molecule is CN(C)C(=O)CN1CCC(Nc2cc(Cl)ccc2Cl)CC1. The first-order chi connectivity index (χ1) is 9.95. The Bertz CT molecular complexity index is 500. The molecule has 1 saturated heterocycles. The van der Waals surface area contributed by atoms with Gasteiger partial charge in [-0.05, 0) is 31.0 Å². The van der Waals surface area contributed by atoms with Gasteiger partial charge in [-0.3, -0.25) is 9.69 Å². The van der Waals surface area contributed by atoms with Crippen LogP contribution in [0.1, 0.15) is 12.8 Å². The van der Waals surface area contributed by atoms with E-state index in [0.29, 0.717) is 22.6 Å². The van der Waals surface area contributed by atoms with Crippen molar-refractivity contribution in [3.05, 3.63) is 28.2 Å². The first-order valence-electron chi connectivity index (χ1n) is 7.10. The van der Waals surface area contributed by atoms with Crippen LogP contribution in [0, 0.1) is 0 Å². The van der Waals surface area contributed by atoms with Gasteiger partial charge in [-0.15, -0.1) is 0 Å². The number of benzene rings is 1. The molecule has 0 radical (unpaired) electrons. The van der Waals surface area contributed by atoms with E-state index in [2.05, 4.69) is 10.2 Å². The zero-order valence-corrected chi connectivity index (χ0v) is 13.9. The summed E-state index contributed by atoms with van der Waals surface area (Å²) in [5, 5.41) is 4.81. The molecule has 0 bridgehead atoms. The highest BCUT2D eigenvalue weighted by molar-refractivity contribution is 6.35. The second kappa shape index (κ2) is 7.34. The maximum atomic E-state index is 11.7. The normalized spacial score (nSPS) is 16.8. The van der Waals surface area contributed by atoms with Gasteiger partial charge >= 0.3 is 0 Å². The first-order valence-corrected chi connectivity index (χ1v) is 7.85. The summed E-state index contributed by atoms with van der Waals surface area (Å²) in [5.74, 6) is 0.152. The molecule has 1 N–H and O–H groups in total. The van der Waals surface area contributed by atoms with Gasteiger partial charge < -0.3 is 10.2 Å². The molecule has 1 amide bonds. The van der Waals surface area contributed by atoms with Crippen molar-refractivity contribution < 1.29 is 4.79 Å². The van der Waals surface area contributed by atoms with Gasteiger partial charge in [0.2, 0.25) is 5.91 Å². The number of carbonyl (C=O) groups excluding carboxylic acids is 1. The smallest absolute Gasteiger partial charge is 0.236 e. The summed E-state index contributed by atoms with van der Waals surface area (Å²) in [6, 6.07) is 5.81. The molecule has 1 aliphatic rings.